The third-order valence-electron chi connectivity index (χ3n) is 3.24. The number of carbonyl (C=O) groups is 2. The molecule has 0 amide bonds. The number of carbonyl (C=O) groups excluding carboxylic acids is 2. The highest BCUT2D eigenvalue weighted by molar-refractivity contribution is 5.88. The third-order valence-corrected chi connectivity index (χ3v) is 3.24. The molecule has 0 aromatic heterocycles. The summed E-state index contributed by atoms with van der Waals surface area (Å²) in [6.45, 7) is 6.44. The highest BCUT2D eigenvalue weighted by Gasteiger charge is 2.12. The molecule has 0 spiro atoms. The first-order valence-electron chi connectivity index (χ1n) is 7.86. The van der Waals surface area contributed by atoms with Crippen LogP contribution in [0.4, 0.5) is 4.79 Å². The van der Waals surface area contributed by atoms with Crippen molar-refractivity contribution in [1.29, 1.82) is 0 Å². The van der Waals surface area contributed by atoms with Crippen molar-refractivity contribution < 1.29 is 29.1 Å². The molecule has 6 heteroatoms. The predicted molar refractivity (Wildman–Crippen MR) is 83.6 cm³/mol. The molecule has 0 radical (unpaired) electrons. The number of rotatable bonds is 9. The van der Waals surface area contributed by atoms with Crippen molar-refractivity contribution in [2.24, 2.45) is 0 Å². The van der Waals surface area contributed by atoms with Gasteiger partial charge >= 0.3 is 12.1 Å². The molecular weight excluding hydrogens is 300 g/mol. The molecule has 6 nitrogen and oxygen atoms in total. The number of hydrogen-bond acceptors (Lipinski definition) is 6. The molecule has 0 unspecified atom stereocenters. The minimum atomic E-state index is -1.04. The van der Waals surface area contributed by atoms with E-state index in [9.17, 15) is 9.59 Å². The lowest BCUT2D eigenvalue weighted by Gasteiger charge is -2.06. The maximum atomic E-state index is 11.7. The lowest BCUT2D eigenvalue weighted by Crippen LogP contribution is -2.12. The molecule has 128 valence electrons. The molecule has 0 N–H and O–H groups in total. The van der Waals surface area contributed by atoms with Gasteiger partial charge in [-0.1, -0.05) is 52.2 Å². The highest BCUT2D eigenvalue weighted by Crippen LogP contribution is 2.15. The maximum Gasteiger partial charge on any atom is 0.543 e. The van der Waals surface area contributed by atoms with E-state index in [1.807, 2.05) is 12.1 Å². The van der Waals surface area contributed by atoms with Gasteiger partial charge in [0.2, 0.25) is 0 Å². The number of ether oxygens (including phenoxy) is 1. The summed E-state index contributed by atoms with van der Waals surface area (Å²) >= 11 is 0. The summed E-state index contributed by atoms with van der Waals surface area (Å²) in [4.78, 5) is 31.4. The summed E-state index contributed by atoms with van der Waals surface area (Å²) in [5.41, 5.74) is 1.40. The standard InChI is InChI=1S/C17H24O6/c1-4-5-6-7-12-20-17(19)22-23-21-16(18)15-10-8-14(9-11-15)13(2)3/h8-11,13H,4-7,12H2,1-3H3. The molecule has 0 bridgehead atoms. The first-order valence-corrected chi connectivity index (χ1v) is 7.86. The SMILES string of the molecule is CCCCCCOC(=O)OOOC(=O)c1ccc(C(C)C)cc1. The van der Waals surface area contributed by atoms with Crippen molar-refractivity contribution in [2.45, 2.75) is 52.4 Å². The van der Waals surface area contributed by atoms with E-state index in [1.165, 1.54) is 0 Å². The van der Waals surface area contributed by atoms with Gasteiger partial charge < -0.3 is 4.74 Å². The summed E-state index contributed by atoms with van der Waals surface area (Å²) in [5, 5.41) is 4.14. The van der Waals surface area contributed by atoms with Crippen LogP contribution in [0.25, 0.3) is 0 Å². The molecule has 0 heterocycles. The average molecular weight is 324 g/mol. The van der Waals surface area contributed by atoms with Gasteiger partial charge in [0.15, 0.2) is 0 Å². The van der Waals surface area contributed by atoms with Gasteiger partial charge in [-0.15, -0.1) is 0 Å². The van der Waals surface area contributed by atoms with Crippen LogP contribution in [0.2, 0.25) is 0 Å². The average Bonchev–Trinajstić information content (AvgIpc) is 2.54. The number of unbranched alkanes of at least 4 members (excludes halogenated alkanes) is 3. The molecule has 0 fully saturated rings. The van der Waals surface area contributed by atoms with E-state index in [4.69, 9.17) is 4.74 Å². The lowest BCUT2D eigenvalue weighted by atomic mass is 10.0. The Morgan fingerprint density at radius 1 is 1.00 bits per heavy atom. The van der Waals surface area contributed by atoms with Crippen molar-refractivity contribution in [3.63, 3.8) is 0 Å². The zero-order valence-electron chi connectivity index (χ0n) is 13.9. The van der Waals surface area contributed by atoms with Gasteiger partial charge in [0.25, 0.3) is 0 Å². The maximum absolute atomic E-state index is 11.7. The minimum absolute atomic E-state index is 0.243. The molecular formula is C17H24O6. The van der Waals surface area contributed by atoms with Crippen LogP contribution in [-0.4, -0.2) is 18.7 Å². The van der Waals surface area contributed by atoms with E-state index >= 15 is 0 Å². The topological polar surface area (TPSA) is 71.1 Å². The second kappa shape index (κ2) is 10.6. The Labute approximate surface area is 136 Å². The van der Waals surface area contributed by atoms with Crippen molar-refractivity contribution >= 4 is 12.1 Å². The van der Waals surface area contributed by atoms with Crippen LogP contribution in [0.1, 0.15) is 68.3 Å². The van der Waals surface area contributed by atoms with E-state index in [-0.39, 0.29) is 6.61 Å². The molecule has 23 heavy (non-hydrogen) atoms. The van der Waals surface area contributed by atoms with E-state index in [0.29, 0.717) is 11.5 Å². The lowest BCUT2D eigenvalue weighted by molar-refractivity contribution is -0.452. The third kappa shape index (κ3) is 7.65. The van der Waals surface area contributed by atoms with Crippen LogP contribution in [-0.2, 0) is 19.6 Å². The summed E-state index contributed by atoms with van der Waals surface area (Å²) in [7, 11) is 0. The largest absolute Gasteiger partial charge is 0.543 e. The van der Waals surface area contributed by atoms with Crippen LogP contribution >= 0.6 is 0 Å². The van der Waals surface area contributed by atoms with Gasteiger partial charge in [-0.25, -0.2) is 14.5 Å². The number of benzene rings is 1. The molecule has 1 rings (SSSR count). The molecule has 0 atom stereocenters. The van der Waals surface area contributed by atoms with Gasteiger partial charge in [0, 0.05) is 0 Å². The highest BCUT2D eigenvalue weighted by atomic mass is 17.5. The van der Waals surface area contributed by atoms with Gasteiger partial charge in [0.05, 0.1) is 17.2 Å². The van der Waals surface area contributed by atoms with Crippen molar-refractivity contribution in [3.8, 4) is 0 Å². The molecule has 1 aromatic rings. The second-order valence-corrected chi connectivity index (χ2v) is 5.46. The predicted octanol–water partition coefficient (Wildman–Crippen LogP) is 4.55. The fourth-order valence-electron chi connectivity index (χ4n) is 1.84. The fraction of sp³-hybridized carbons (Fsp3) is 0.529. The first-order chi connectivity index (χ1) is 11.0. The van der Waals surface area contributed by atoms with Crippen LogP contribution in [0.5, 0.6) is 0 Å². The second-order valence-electron chi connectivity index (χ2n) is 5.46. The van der Waals surface area contributed by atoms with Crippen molar-refractivity contribution in [2.75, 3.05) is 6.61 Å². The molecule has 1 aromatic carbocycles. The molecule has 0 aliphatic rings. The molecule has 0 saturated heterocycles. The van der Waals surface area contributed by atoms with Gasteiger partial charge in [-0.05, 0) is 30.0 Å². The van der Waals surface area contributed by atoms with Gasteiger partial charge in [-0.3, -0.25) is 4.89 Å². The van der Waals surface area contributed by atoms with Crippen LogP contribution < -0.4 is 0 Å². The monoisotopic (exact) mass is 324 g/mol. The van der Waals surface area contributed by atoms with Crippen molar-refractivity contribution in [1.82, 2.24) is 0 Å². The number of hydrogen-bond donors (Lipinski definition) is 0. The molecule has 0 aliphatic heterocycles. The summed E-state index contributed by atoms with van der Waals surface area (Å²) in [6, 6.07) is 6.89. The Morgan fingerprint density at radius 2 is 1.70 bits per heavy atom. The zero-order valence-corrected chi connectivity index (χ0v) is 13.9. The van der Waals surface area contributed by atoms with Crippen LogP contribution in [0, 0.1) is 0 Å². The Kier molecular flexibility index (Phi) is 8.75. The van der Waals surface area contributed by atoms with E-state index in [0.717, 1.165) is 31.2 Å². The normalized spacial score (nSPS) is 10.4. The molecule has 0 saturated carbocycles. The minimum Gasteiger partial charge on any atom is -0.432 e. The Balaban J connectivity index is 2.21. The quantitative estimate of drug-likeness (QED) is 0.287. The Morgan fingerprint density at radius 3 is 2.30 bits per heavy atom. The van der Waals surface area contributed by atoms with Gasteiger partial charge in [-0.2, -0.15) is 0 Å². The summed E-state index contributed by atoms with van der Waals surface area (Å²) < 4.78 is 4.74. The van der Waals surface area contributed by atoms with E-state index in [1.54, 1.807) is 12.1 Å². The van der Waals surface area contributed by atoms with E-state index < -0.39 is 12.1 Å². The smallest absolute Gasteiger partial charge is 0.432 e. The Hall–Kier alpha value is -2.08. The molecule has 0 aliphatic carbocycles. The van der Waals surface area contributed by atoms with Gasteiger partial charge in [0.1, 0.15) is 0 Å². The zero-order chi connectivity index (χ0) is 17.1. The van der Waals surface area contributed by atoms with Crippen molar-refractivity contribution in [3.05, 3.63) is 35.4 Å². The van der Waals surface area contributed by atoms with E-state index in [2.05, 4.69) is 35.6 Å². The van der Waals surface area contributed by atoms with Crippen LogP contribution in [0.15, 0.2) is 24.3 Å². The first kappa shape index (κ1) is 19.0. The van der Waals surface area contributed by atoms with Crippen LogP contribution in [0.3, 0.4) is 0 Å². The fourth-order valence-corrected chi connectivity index (χ4v) is 1.84. The Bertz CT molecular complexity index is 480. The summed E-state index contributed by atoms with van der Waals surface area (Å²) in [5.74, 6) is -0.386. The summed E-state index contributed by atoms with van der Waals surface area (Å²) in [6.07, 6.45) is 2.88.